The van der Waals surface area contributed by atoms with Gasteiger partial charge in [-0.2, -0.15) is 0 Å². The molecule has 14 heavy (non-hydrogen) atoms. The van der Waals surface area contributed by atoms with E-state index in [9.17, 15) is 5.11 Å². The molecule has 1 aliphatic heterocycles. The lowest BCUT2D eigenvalue weighted by Crippen LogP contribution is -2.16. The molecule has 0 radical (unpaired) electrons. The molecule has 0 aromatic heterocycles. The van der Waals surface area contributed by atoms with Crippen LogP contribution in [0.5, 0.6) is 0 Å². The van der Waals surface area contributed by atoms with Crippen LogP contribution in [-0.2, 0) is 0 Å². The third-order valence-electron chi connectivity index (χ3n) is 3.05. The Morgan fingerprint density at radius 3 is 2.86 bits per heavy atom. The highest BCUT2D eigenvalue weighted by atomic mass is 16.3. The third kappa shape index (κ3) is 1.81. The molecule has 2 heteroatoms. The highest BCUT2D eigenvalue weighted by Crippen LogP contribution is 2.28. The van der Waals surface area contributed by atoms with Gasteiger partial charge in [0.1, 0.15) is 0 Å². The van der Waals surface area contributed by atoms with Gasteiger partial charge in [0.25, 0.3) is 0 Å². The van der Waals surface area contributed by atoms with Crippen LogP contribution >= 0.6 is 0 Å². The van der Waals surface area contributed by atoms with Crippen LogP contribution in [0.15, 0.2) is 24.3 Å². The number of aliphatic hydroxyl groups excluding tert-OH is 1. The van der Waals surface area contributed by atoms with Crippen molar-refractivity contribution in [1.29, 1.82) is 0 Å². The van der Waals surface area contributed by atoms with Crippen LogP contribution in [-0.4, -0.2) is 18.2 Å². The Kier molecular flexibility index (Phi) is 2.85. The summed E-state index contributed by atoms with van der Waals surface area (Å²) in [6.45, 7) is 4.03. The first kappa shape index (κ1) is 9.69. The van der Waals surface area contributed by atoms with Gasteiger partial charge >= 0.3 is 0 Å². The van der Waals surface area contributed by atoms with E-state index >= 15 is 0 Å². The Labute approximate surface area is 85.0 Å². The number of aliphatic hydroxyl groups is 1. The molecule has 0 aliphatic carbocycles. The van der Waals surface area contributed by atoms with Crippen LogP contribution < -0.4 is 5.32 Å². The fourth-order valence-corrected chi connectivity index (χ4v) is 2.12. The maximum Gasteiger partial charge on any atom is 0.0833 e. The predicted octanol–water partition coefficient (Wildman–Crippen LogP) is 1.64. The van der Waals surface area contributed by atoms with E-state index in [1.54, 1.807) is 0 Å². The maximum absolute atomic E-state index is 10.2. The van der Waals surface area contributed by atoms with Gasteiger partial charge in [-0.1, -0.05) is 24.3 Å². The van der Waals surface area contributed by atoms with E-state index in [1.165, 1.54) is 5.56 Å². The first-order chi connectivity index (χ1) is 6.79. The Hall–Kier alpha value is -0.860. The Morgan fingerprint density at radius 1 is 1.43 bits per heavy atom. The minimum atomic E-state index is -0.300. The normalized spacial score (nSPS) is 23.7. The summed E-state index contributed by atoms with van der Waals surface area (Å²) in [5.41, 5.74) is 2.27. The van der Waals surface area contributed by atoms with E-state index in [0.717, 1.165) is 25.1 Å². The molecule has 0 saturated carbocycles. The highest BCUT2D eigenvalue weighted by molar-refractivity contribution is 5.28. The summed E-state index contributed by atoms with van der Waals surface area (Å²) < 4.78 is 0. The van der Waals surface area contributed by atoms with Crippen molar-refractivity contribution in [3.63, 3.8) is 0 Å². The minimum absolute atomic E-state index is 0.300. The minimum Gasteiger partial charge on any atom is -0.388 e. The molecule has 0 spiro atoms. The smallest absolute Gasteiger partial charge is 0.0833 e. The molecule has 1 unspecified atom stereocenters. The summed E-state index contributed by atoms with van der Waals surface area (Å²) in [5, 5.41) is 13.4. The quantitative estimate of drug-likeness (QED) is 0.744. The predicted molar refractivity (Wildman–Crippen MR) is 57.1 cm³/mol. The van der Waals surface area contributed by atoms with E-state index in [1.807, 2.05) is 18.2 Å². The van der Waals surface area contributed by atoms with Gasteiger partial charge in [0.2, 0.25) is 0 Å². The van der Waals surface area contributed by atoms with Crippen molar-refractivity contribution < 1.29 is 5.11 Å². The zero-order chi connectivity index (χ0) is 9.97. The van der Waals surface area contributed by atoms with Crippen molar-refractivity contribution in [3.05, 3.63) is 35.4 Å². The van der Waals surface area contributed by atoms with Crippen LogP contribution in [0.3, 0.4) is 0 Å². The van der Waals surface area contributed by atoms with Crippen LogP contribution in [0.25, 0.3) is 0 Å². The topological polar surface area (TPSA) is 32.3 Å². The van der Waals surface area contributed by atoms with Crippen LogP contribution in [0.2, 0.25) is 0 Å². The van der Waals surface area contributed by atoms with Gasteiger partial charge in [0, 0.05) is 12.5 Å². The monoisotopic (exact) mass is 191 g/mol. The largest absolute Gasteiger partial charge is 0.388 e. The average Bonchev–Trinajstić information content (AvgIpc) is 2.70. The van der Waals surface area contributed by atoms with Gasteiger partial charge in [-0.15, -0.1) is 0 Å². The van der Waals surface area contributed by atoms with Gasteiger partial charge in [-0.25, -0.2) is 0 Å². The summed E-state index contributed by atoms with van der Waals surface area (Å²) >= 11 is 0. The lowest BCUT2D eigenvalue weighted by molar-refractivity contribution is 0.117. The molecule has 0 bridgehead atoms. The molecule has 0 amide bonds. The zero-order valence-corrected chi connectivity index (χ0v) is 8.53. The average molecular weight is 191 g/mol. The Morgan fingerprint density at radius 2 is 2.21 bits per heavy atom. The van der Waals surface area contributed by atoms with E-state index in [4.69, 9.17) is 0 Å². The van der Waals surface area contributed by atoms with E-state index in [0.29, 0.717) is 5.92 Å². The molecule has 76 valence electrons. The molecular formula is C12H17NO. The number of hydrogen-bond donors (Lipinski definition) is 2. The molecular weight excluding hydrogens is 174 g/mol. The van der Waals surface area contributed by atoms with Gasteiger partial charge in [-0.3, -0.25) is 0 Å². The number of hydrogen-bond acceptors (Lipinski definition) is 2. The molecule has 1 aromatic carbocycles. The molecule has 1 fully saturated rings. The maximum atomic E-state index is 10.2. The second-order valence-corrected chi connectivity index (χ2v) is 4.05. The molecule has 2 rings (SSSR count). The number of rotatable bonds is 2. The molecule has 1 saturated heterocycles. The van der Waals surface area contributed by atoms with Gasteiger partial charge in [0.15, 0.2) is 0 Å². The summed E-state index contributed by atoms with van der Waals surface area (Å²) in [6.07, 6.45) is 0.779. The Bertz CT molecular complexity index is 305. The summed E-state index contributed by atoms with van der Waals surface area (Å²) in [4.78, 5) is 0. The van der Waals surface area contributed by atoms with Crippen LogP contribution in [0, 0.1) is 12.8 Å². The van der Waals surface area contributed by atoms with Crippen LogP contribution in [0.1, 0.15) is 23.7 Å². The molecule has 1 aliphatic rings. The second kappa shape index (κ2) is 4.11. The fraction of sp³-hybridized carbons (Fsp3) is 0.500. The lowest BCUT2D eigenvalue weighted by Gasteiger charge is -2.19. The van der Waals surface area contributed by atoms with E-state index < -0.39 is 0 Å². The second-order valence-electron chi connectivity index (χ2n) is 4.05. The first-order valence-corrected chi connectivity index (χ1v) is 5.23. The lowest BCUT2D eigenvalue weighted by atomic mass is 9.92. The SMILES string of the molecule is Cc1ccccc1C(O)[C@@H]1CCNC1. The van der Waals surface area contributed by atoms with Gasteiger partial charge < -0.3 is 10.4 Å². The van der Waals surface area contributed by atoms with Gasteiger partial charge in [-0.05, 0) is 31.0 Å². The zero-order valence-electron chi connectivity index (χ0n) is 8.53. The summed E-state index contributed by atoms with van der Waals surface area (Å²) in [7, 11) is 0. The van der Waals surface area contributed by atoms with Crippen molar-refractivity contribution >= 4 is 0 Å². The number of aryl methyl sites for hydroxylation is 1. The standard InChI is InChI=1S/C12H17NO/c1-9-4-2-3-5-11(9)12(14)10-6-7-13-8-10/h2-5,10,12-14H,6-8H2,1H3/t10-,12?/m1/s1. The molecule has 1 heterocycles. The molecule has 2 nitrogen and oxygen atoms in total. The van der Waals surface area contributed by atoms with E-state index in [-0.39, 0.29) is 6.10 Å². The van der Waals surface area contributed by atoms with Crippen molar-refractivity contribution in [2.75, 3.05) is 13.1 Å². The molecule has 2 atom stereocenters. The first-order valence-electron chi connectivity index (χ1n) is 5.23. The molecule has 2 N–H and O–H groups in total. The number of benzene rings is 1. The fourth-order valence-electron chi connectivity index (χ4n) is 2.12. The highest BCUT2D eigenvalue weighted by Gasteiger charge is 2.24. The van der Waals surface area contributed by atoms with Crippen molar-refractivity contribution in [2.45, 2.75) is 19.4 Å². The summed E-state index contributed by atoms with van der Waals surface area (Å²) in [5.74, 6) is 0.385. The van der Waals surface area contributed by atoms with Crippen molar-refractivity contribution in [2.24, 2.45) is 5.92 Å². The third-order valence-corrected chi connectivity index (χ3v) is 3.05. The molecule has 1 aromatic rings. The van der Waals surface area contributed by atoms with E-state index in [2.05, 4.69) is 18.3 Å². The van der Waals surface area contributed by atoms with Crippen LogP contribution in [0.4, 0.5) is 0 Å². The number of nitrogens with one attached hydrogen (secondary N) is 1. The van der Waals surface area contributed by atoms with Crippen molar-refractivity contribution in [1.82, 2.24) is 5.32 Å². The van der Waals surface area contributed by atoms with Gasteiger partial charge in [0.05, 0.1) is 6.10 Å². The van der Waals surface area contributed by atoms with Crippen molar-refractivity contribution in [3.8, 4) is 0 Å². The summed E-state index contributed by atoms with van der Waals surface area (Å²) in [6, 6.07) is 8.09. The Balaban J connectivity index is 2.17.